The third-order valence-corrected chi connectivity index (χ3v) is 4.53. The first-order valence-corrected chi connectivity index (χ1v) is 8.05. The van der Waals surface area contributed by atoms with Gasteiger partial charge in [0.25, 0.3) is 0 Å². The van der Waals surface area contributed by atoms with Gasteiger partial charge in [0.05, 0.1) is 4.88 Å². The van der Waals surface area contributed by atoms with E-state index >= 15 is 0 Å². The molecule has 2 aromatic heterocycles. The van der Waals surface area contributed by atoms with Gasteiger partial charge in [0.15, 0.2) is 0 Å². The number of benzene rings is 1. The van der Waals surface area contributed by atoms with E-state index in [2.05, 4.69) is 52.2 Å². The lowest BCUT2D eigenvalue weighted by molar-refractivity contribution is 0.581. The van der Waals surface area contributed by atoms with Gasteiger partial charge in [-0.1, -0.05) is 37.3 Å². The molecule has 0 radical (unpaired) electrons. The highest BCUT2D eigenvalue weighted by Crippen LogP contribution is 2.24. The van der Waals surface area contributed by atoms with Crippen molar-refractivity contribution >= 4 is 11.3 Å². The summed E-state index contributed by atoms with van der Waals surface area (Å²) in [7, 11) is 0. The van der Waals surface area contributed by atoms with Crippen molar-refractivity contribution in [1.29, 1.82) is 0 Å². The SMILES string of the molecule is CCc1ccc(C(N)Cn2ccnc2-c2cccs2)cc1. The average Bonchev–Trinajstić information content (AvgIpc) is 3.18. The minimum Gasteiger partial charge on any atom is -0.328 e. The standard InChI is InChI=1S/C17H19N3S/c1-2-13-5-7-14(8-6-13)15(18)12-20-10-9-19-17(20)16-4-3-11-21-16/h3-11,15H,2,12,18H2,1H3. The molecule has 0 amide bonds. The van der Waals surface area contributed by atoms with Crippen molar-refractivity contribution in [2.75, 3.05) is 0 Å². The Morgan fingerprint density at radius 2 is 2.05 bits per heavy atom. The van der Waals surface area contributed by atoms with Crippen molar-refractivity contribution in [3.8, 4) is 10.7 Å². The number of rotatable bonds is 5. The molecule has 2 N–H and O–H groups in total. The van der Waals surface area contributed by atoms with Gasteiger partial charge in [0, 0.05) is 25.0 Å². The first-order valence-electron chi connectivity index (χ1n) is 7.17. The van der Waals surface area contributed by atoms with E-state index in [1.165, 1.54) is 10.4 Å². The van der Waals surface area contributed by atoms with E-state index in [1.54, 1.807) is 11.3 Å². The molecule has 0 aliphatic heterocycles. The molecule has 2 heterocycles. The Labute approximate surface area is 129 Å². The van der Waals surface area contributed by atoms with Crippen LogP contribution in [0.2, 0.25) is 0 Å². The smallest absolute Gasteiger partial charge is 0.150 e. The van der Waals surface area contributed by atoms with Crippen LogP contribution in [-0.2, 0) is 13.0 Å². The zero-order valence-electron chi connectivity index (χ0n) is 12.1. The summed E-state index contributed by atoms with van der Waals surface area (Å²) in [6, 6.07) is 12.7. The maximum Gasteiger partial charge on any atom is 0.150 e. The van der Waals surface area contributed by atoms with Gasteiger partial charge in [0.2, 0.25) is 0 Å². The fourth-order valence-electron chi connectivity index (χ4n) is 2.41. The highest BCUT2D eigenvalue weighted by Gasteiger charge is 2.11. The van der Waals surface area contributed by atoms with Crippen LogP contribution in [0.25, 0.3) is 10.7 Å². The van der Waals surface area contributed by atoms with Crippen molar-refractivity contribution in [2.45, 2.75) is 25.9 Å². The minimum atomic E-state index is -0.0242. The number of thiophene rings is 1. The number of hydrogen-bond acceptors (Lipinski definition) is 3. The van der Waals surface area contributed by atoms with Crippen LogP contribution in [0.1, 0.15) is 24.1 Å². The summed E-state index contributed by atoms with van der Waals surface area (Å²) in [5.41, 5.74) is 8.86. The van der Waals surface area contributed by atoms with Gasteiger partial charge in [-0.2, -0.15) is 0 Å². The van der Waals surface area contributed by atoms with E-state index in [0.29, 0.717) is 0 Å². The summed E-state index contributed by atoms with van der Waals surface area (Å²) in [6.45, 7) is 2.90. The highest BCUT2D eigenvalue weighted by atomic mass is 32.1. The van der Waals surface area contributed by atoms with Gasteiger partial charge in [-0.3, -0.25) is 0 Å². The van der Waals surface area contributed by atoms with E-state index in [0.717, 1.165) is 24.4 Å². The van der Waals surface area contributed by atoms with E-state index in [1.807, 2.05) is 18.5 Å². The molecule has 0 saturated heterocycles. The Kier molecular flexibility index (Phi) is 4.18. The molecular weight excluding hydrogens is 278 g/mol. The Balaban J connectivity index is 1.78. The zero-order chi connectivity index (χ0) is 14.7. The molecule has 1 atom stereocenters. The second-order valence-corrected chi connectivity index (χ2v) is 6.03. The summed E-state index contributed by atoms with van der Waals surface area (Å²) in [6.07, 6.45) is 4.89. The van der Waals surface area contributed by atoms with Gasteiger partial charge in [-0.15, -0.1) is 11.3 Å². The van der Waals surface area contributed by atoms with Gasteiger partial charge in [-0.05, 0) is 29.0 Å². The lowest BCUT2D eigenvalue weighted by Crippen LogP contribution is -2.17. The first-order chi connectivity index (χ1) is 10.3. The summed E-state index contributed by atoms with van der Waals surface area (Å²) < 4.78 is 2.13. The third kappa shape index (κ3) is 3.06. The summed E-state index contributed by atoms with van der Waals surface area (Å²) in [5, 5.41) is 2.07. The predicted octanol–water partition coefficient (Wildman–Crippen LogP) is 3.87. The molecule has 0 aliphatic carbocycles. The van der Waals surface area contributed by atoms with Crippen molar-refractivity contribution < 1.29 is 0 Å². The van der Waals surface area contributed by atoms with E-state index in [9.17, 15) is 0 Å². The summed E-state index contributed by atoms with van der Waals surface area (Å²) in [4.78, 5) is 5.63. The fraction of sp³-hybridized carbons (Fsp3) is 0.235. The fourth-order valence-corrected chi connectivity index (χ4v) is 3.14. The summed E-state index contributed by atoms with van der Waals surface area (Å²) in [5.74, 6) is 0.991. The Morgan fingerprint density at radius 3 is 2.71 bits per heavy atom. The Hall–Kier alpha value is -1.91. The number of hydrogen-bond donors (Lipinski definition) is 1. The molecule has 0 bridgehead atoms. The number of nitrogens with zero attached hydrogens (tertiary/aromatic N) is 2. The molecule has 3 aromatic rings. The molecule has 0 spiro atoms. The Morgan fingerprint density at radius 1 is 1.24 bits per heavy atom. The maximum absolute atomic E-state index is 6.35. The van der Waals surface area contributed by atoms with Gasteiger partial charge >= 0.3 is 0 Å². The molecule has 3 nitrogen and oxygen atoms in total. The van der Waals surface area contributed by atoms with Crippen LogP contribution >= 0.6 is 11.3 Å². The molecule has 0 aliphatic rings. The minimum absolute atomic E-state index is 0.0242. The van der Waals surface area contributed by atoms with Gasteiger partial charge in [-0.25, -0.2) is 4.98 Å². The van der Waals surface area contributed by atoms with Crippen LogP contribution in [0.4, 0.5) is 0 Å². The summed E-state index contributed by atoms with van der Waals surface area (Å²) >= 11 is 1.70. The number of imidazole rings is 1. The second-order valence-electron chi connectivity index (χ2n) is 5.08. The predicted molar refractivity (Wildman–Crippen MR) is 88.3 cm³/mol. The van der Waals surface area contributed by atoms with E-state index in [4.69, 9.17) is 5.73 Å². The van der Waals surface area contributed by atoms with Gasteiger partial charge in [0.1, 0.15) is 5.82 Å². The van der Waals surface area contributed by atoms with Crippen molar-refractivity contribution in [3.05, 3.63) is 65.3 Å². The molecule has 3 rings (SSSR count). The zero-order valence-corrected chi connectivity index (χ0v) is 12.9. The molecule has 0 saturated carbocycles. The molecular formula is C17H19N3S. The molecule has 21 heavy (non-hydrogen) atoms. The van der Waals surface area contributed by atoms with E-state index < -0.39 is 0 Å². The molecule has 1 aromatic carbocycles. The average molecular weight is 297 g/mol. The monoisotopic (exact) mass is 297 g/mol. The van der Waals surface area contributed by atoms with Crippen LogP contribution in [0.3, 0.4) is 0 Å². The van der Waals surface area contributed by atoms with Crippen molar-refractivity contribution in [2.24, 2.45) is 5.73 Å². The van der Waals surface area contributed by atoms with Crippen LogP contribution in [0.5, 0.6) is 0 Å². The molecule has 0 fully saturated rings. The number of aryl methyl sites for hydroxylation is 1. The topological polar surface area (TPSA) is 43.8 Å². The Bertz CT molecular complexity index is 683. The maximum atomic E-state index is 6.35. The van der Waals surface area contributed by atoms with E-state index in [-0.39, 0.29) is 6.04 Å². The molecule has 108 valence electrons. The quantitative estimate of drug-likeness (QED) is 0.777. The first kappa shape index (κ1) is 14.0. The molecule has 1 unspecified atom stereocenters. The van der Waals surface area contributed by atoms with Crippen LogP contribution < -0.4 is 5.73 Å². The normalized spacial score (nSPS) is 12.5. The van der Waals surface area contributed by atoms with Crippen molar-refractivity contribution in [3.63, 3.8) is 0 Å². The number of nitrogens with two attached hydrogens (primary N) is 1. The van der Waals surface area contributed by atoms with Crippen LogP contribution in [0.15, 0.2) is 54.2 Å². The lowest BCUT2D eigenvalue weighted by Gasteiger charge is -2.15. The highest BCUT2D eigenvalue weighted by molar-refractivity contribution is 7.13. The lowest BCUT2D eigenvalue weighted by atomic mass is 10.0. The van der Waals surface area contributed by atoms with Crippen LogP contribution in [0, 0.1) is 0 Å². The second kappa shape index (κ2) is 6.24. The van der Waals surface area contributed by atoms with Gasteiger partial charge < -0.3 is 10.3 Å². The molecule has 4 heteroatoms. The van der Waals surface area contributed by atoms with Crippen molar-refractivity contribution in [1.82, 2.24) is 9.55 Å². The third-order valence-electron chi connectivity index (χ3n) is 3.67. The van der Waals surface area contributed by atoms with Crippen LogP contribution in [-0.4, -0.2) is 9.55 Å². The largest absolute Gasteiger partial charge is 0.328 e. The number of aromatic nitrogens is 2.